The Morgan fingerprint density at radius 3 is 2.24 bits per heavy atom. The highest BCUT2D eigenvalue weighted by Crippen LogP contribution is 2.08. The fraction of sp³-hybridized carbons (Fsp3) is 0.615. The summed E-state index contributed by atoms with van der Waals surface area (Å²) in [6, 6.07) is 0. The van der Waals surface area contributed by atoms with Gasteiger partial charge in [-0.15, -0.1) is 0 Å². The van der Waals surface area contributed by atoms with Gasteiger partial charge in [0.25, 0.3) is 0 Å². The molecule has 0 aliphatic rings. The first-order valence-corrected chi connectivity index (χ1v) is 5.62. The molecule has 0 aliphatic heterocycles. The summed E-state index contributed by atoms with van der Waals surface area (Å²) in [7, 11) is 0. The second kappa shape index (κ2) is 8.03. The van der Waals surface area contributed by atoms with Crippen LogP contribution in [0.4, 0.5) is 0 Å². The van der Waals surface area contributed by atoms with E-state index in [4.69, 9.17) is 14.5 Å². The number of carbonyl (C=O) groups is 1. The van der Waals surface area contributed by atoms with Crippen molar-refractivity contribution in [3.8, 4) is 0 Å². The highest BCUT2D eigenvalue weighted by Gasteiger charge is 2.14. The van der Waals surface area contributed by atoms with Crippen molar-refractivity contribution in [1.29, 1.82) is 0 Å². The molecule has 0 radical (unpaired) electrons. The van der Waals surface area contributed by atoms with Crippen molar-refractivity contribution in [2.75, 3.05) is 6.61 Å². The van der Waals surface area contributed by atoms with Crippen LogP contribution in [-0.4, -0.2) is 24.8 Å². The highest BCUT2D eigenvalue weighted by molar-refractivity contribution is 5.87. The van der Waals surface area contributed by atoms with Gasteiger partial charge in [0.2, 0.25) is 0 Å². The standard InChI is InChI=1S/C13H22O4/c1-9(2)8-15-17-12(6)7-11(5)16-13(14)10(3)4/h11-12H,1,3,7-8H2,2,4-6H3. The van der Waals surface area contributed by atoms with Crippen LogP contribution in [0.5, 0.6) is 0 Å². The van der Waals surface area contributed by atoms with Crippen LogP contribution in [0, 0.1) is 0 Å². The van der Waals surface area contributed by atoms with Gasteiger partial charge in [0, 0.05) is 12.0 Å². The second-order valence-corrected chi connectivity index (χ2v) is 4.36. The third-order valence-corrected chi connectivity index (χ3v) is 1.86. The van der Waals surface area contributed by atoms with Gasteiger partial charge in [0.15, 0.2) is 0 Å². The Balaban J connectivity index is 3.79. The molecule has 0 aromatic carbocycles. The fourth-order valence-corrected chi connectivity index (χ4v) is 1.09. The Kier molecular flexibility index (Phi) is 7.50. The fourth-order valence-electron chi connectivity index (χ4n) is 1.09. The quantitative estimate of drug-likeness (QED) is 0.216. The molecule has 0 saturated heterocycles. The minimum atomic E-state index is -0.382. The normalized spacial score (nSPS) is 13.9. The van der Waals surface area contributed by atoms with E-state index in [-0.39, 0.29) is 18.2 Å². The van der Waals surface area contributed by atoms with Crippen LogP contribution in [-0.2, 0) is 19.3 Å². The van der Waals surface area contributed by atoms with Crippen molar-refractivity contribution < 1.29 is 19.3 Å². The van der Waals surface area contributed by atoms with E-state index in [1.165, 1.54) is 0 Å². The highest BCUT2D eigenvalue weighted by atomic mass is 17.2. The summed E-state index contributed by atoms with van der Waals surface area (Å²) < 4.78 is 5.12. The molecule has 98 valence electrons. The Morgan fingerprint density at radius 2 is 1.76 bits per heavy atom. The zero-order chi connectivity index (χ0) is 13.4. The molecule has 0 aromatic rings. The van der Waals surface area contributed by atoms with Gasteiger partial charge in [-0.05, 0) is 27.7 Å². The Labute approximate surface area is 103 Å². The zero-order valence-corrected chi connectivity index (χ0v) is 11.1. The maximum atomic E-state index is 11.2. The predicted octanol–water partition coefficient (Wildman–Crippen LogP) is 2.80. The van der Waals surface area contributed by atoms with E-state index in [2.05, 4.69) is 13.2 Å². The number of rotatable bonds is 8. The molecular weight excluding hydrogens is 220 g/mol. The summed E-state index contributed by atoms with van der Waals surface area (Å²) in [5.74, 6) is -0.382. The lowest BCUT2D eigenvalue weighted by atomic mass is 10.2. The van der Waals surface area contributed by atoms with Crippen LogP contribution in [0.2, 0.25) is 0 Å². The van der Waals surface area contributed by atoms with Gasteiger partial charge in [-0.1, -0.05) is 18.7 Å². The lowest BCUT2D eigenvalue weighted by molar-refractivity contribution is -0.317. The average Bonchev–Trinajstić information content (AvgIpc) is 2.16. The molecule has 0 aliphatic carbocycles. The first-order chi connectivity index (χ1) is 7.82. The minimum absolute atomic E-state index is 0.151. The number of hydrogen-bond donors (Lipinski definition) is 0. The first-order valence-electron chi connectivity index (χ1n) is 5.62. The summed E-state index contributed by atoms with van der Waals surface area (Å²) in [6.07, 6.45) is 0.180. The van der Waals surface area contributed by atoms with Crippen LogP contribution in [0.1, 0.15) is 34.1 Å². The van der Waals surface area contributed by atoms with Crippen LogP contribution in [0.3, 0.4) is 0 Å². The summed E-state index contributed by atoms with van der Waals surface area (Å²) in [4.78, 5) is 21.3. The third-order valence-electron chi connectivity index (χ3n) is 1.86. The molecule has 4 heteroatoms. The topological polar surface area (TPSA) is 44.8 Å². The lowest BCUT2D eigenvalue weighted by Crippen LogP contribution is -2.22. The van der Waals surface area contributed by atoms with E-state index in [1.807, 2.05) is 13.8 Å². The van der Waals surface area contributed by atoms with E-state index < -0.39 is 0 Å². The molecule has 17 heavy (non-hydrogen) atoms. The van der Waals surface area contributed by atoms with E-state index >= 15 is 0 Å². The number of hydrogen-bond acceptors (Lipinski definition) is 4. The Morgan fingerprint density at radius 1 is 1.18 bits per heavy atom. The molecule has 0 saturated carbocycles. The molecule has 2 unspecified atom stereocenters. The van der Waals surface area contributed by atoms with Crippen molar-refractivity contribution in [3.63, 3.8) is 0 Å². The van der Waals surface area contributed by atoms with Crippen molar-refractivity contribution in [1.82, 2.24) is 0 Å². The molecule has 0 heterocycles. The van der Waals surface area contributed by atoms with E-state index in [0.29, 0.717) is 18.6 Å². The van der Waals surface area contributed by atoms with Gasteiger partial charge >= 0.3 is 5.97 Å². The van der Waals surface area contributed by atoms with Crippen molar-refractivity contribution in [2.24, 2.45) is 0 Å². The van der Waals surface area contributed by atoms with Crippen molar-refractivity contribution >= 4 is 5.97 Å². The van der Waals surface area contributed by atoms with Gasteiger partial charge < -0.3 is 4.74 Å². The van der Waals surface area contributed by atoms with Crippen LogP contribution in [0.15, 0.2) is 24.3 Å². The smallest absolute Gasteiger partial charge is 0.333 e. The molecular formula is C13H22O4. The van der Waals surface area contributed by atoms with E-state index in [9.17, 15) is 4.79 Å². The van der Waals surface area contributed by atoms with Crippen LogP contribution >= 0.6 is 0 Å². The van der Waals surface area contributed by atoms with Crippen LogP contribution < -0.4 is 0 Å². The van der Waals surface area contributed by atoms with Crippen molar-refractivity contribution in [2.45, 2.75) is 46.3 Å². The molecule has 0 N–H and O–H groups in total. The predicted molar refractivity (Wildman–Crippen MR) is 66.3 cm³/mol. The van der Waals surface area contributed by atoms with E-state index in [0.717, 1.165) is 5.57 Å². The molecule has 2 atom stereocenters. The molecule has 4 nitrogen and oxygen atoms in total. The monoisotopic (exact) mass is 242 g/mol. The molecule has 0 fully saturated rings. The molecule has 0 spiro atoms. The summed E-state index contributed by atoms with van der Waals surface area (Å²) in [5, 5.41) is 0. The summed E-state index contributed by atoms with van der Waals surface area (Å²) in [5.41, 5.74) is 1.28. The largest absolute Gasteiger partial charge is 0.459 e. The molecule has 0 bridgehead atoms. The number of carbonyl (C=O) groups excluding carboxylic acids is 1. The van der Waals surface area contributed by atoms with Gasteiger partial charge in [0.05, 0.1) is 6.10 Å². The van der Waals surface area contributed by atoms with Crippen molar-refractivity contribution in [3.05, 3.63) is 24.3 Å². The lowest BCUT2D eigenvalue weighted by Gasteiger charge is -2.17. The Hall–Kier alpha value is -1.13. The van der Waals surface area contributed by atoms with Gasteiger partial charge in [-0.3, -0.25) is 0 Å². The SMILES string of the molecule is C=C(C)COOC(C)CC(C)OC(=O)C(=C)C. The third kappa shape index (κ3) is 8.65. The summed E-state index contributed by atoms with van der Waals surface area (Å²) in [6.45, 7) is 14.7. The van der Waals surface area contributed by atoms with Gasteiger partial charge in [-0.25, -0.2) is 14.6 Å². The Bertz CT molecular complexity index is 283. The molecule has 0 aromatic heterocycles. The van der Waals surface area contributed by atoms with Crippen LogP contribution in [0.25, 0.3) is 0 Å². The van der Waals surface area contributed by atoms with E-state index in [1.54, 1.807) is 13.8 Å². The maximum absolute atomic E-state index is 11.2. The minimum Gasteiger partial charge on any atom is -0.459 e. The molecule has 0 amide bonds. The maximum Gasteiger partial charge on any atom is 0.333 e. The summed E-state index contributed by atoms with van der Waals surface area (Å²) >= 11 is 0. The van der Waals surface area contributed by atoms with Gasteiger partial charge in [-0.2, -0.15) is 0 Å². The zero-order valence-electron chi connectivity index (χ0n) is 11.1. The first kappa shape index (κ1) is 15.9. The number of ether oxygens (including phenoxy) is 1. The second-order valence-electron chi connectivity index (χ2n) is 4.36. The number of esters is 1. The average molecular weight is 242 g/mol. The van der Waals surface area contributed by atoms with Gasteiger partial charge in [0.1, 0.15) is 12.7 Å². The molecule has 0 rings (SSSR count).